The van der Waals surface area contributed by atoms with Crippen molar-refractivity contribution in [3.05, 3.63) is 0 Å². The van der Waals surface area contributed by atoms with E-state index in [0.29, 0.717) is 12.8 Å². The highest BCUT2D eigenvalue weighted by atomic mass is 19.1. The van der Waals surface area contributed by atoms with Gasteiger partial charge in [-0.15, -0.1) is 0 Å². The molecule has 2 fully saturated rings. The third kappa shape index (κ3) is 1.19. The van der Waals surface area contributed by atoms with Crippen LogP contribution in [0.2, 0.25) is 0 Å². The van der Waals surface area contributed by atoms with E-state index in [-0.39, 0.29) is 17.6 Å². The number of rotatable bonds is 0. The molecule has 62 valence electrons. The van der Waals surface area contributed by atoms with Crippen LogP contribution in [0.15, 0.2) is 0 Å². The van der Waals surface area contributed by atoms with Crippen LogP contribution in [-0.4, -0.2) is 12.0 Å². The smallest absolute Gasteiger partial charge is 0.133 e. The molecular formula is C9H13FO. The highest BCUT2D eigenvalue weighted by molar-refractivity contribution is 5.80. The van der Waals surface area contributed by atoms with Gasteiger partial charge in [0.1, 0.15) is 12.0 Å². The maximum atomic E-state index is 13.3. The summed E-state index contributed by atoms with van der Waals surface area (Å²) in [6, 6.07) is 0. The monoisotopic (exact) mass is 156 g/mol. The molecule has 0 N–H and O–H groups in total. The van der Waals surface area contributed by atoms with Gasteiger partial charge in [0.2, 0.25) is 0 Å². The van der Waals surface area contributed by atoms with Crippen LogP contribution in [-0.2, 0) is 4.79 Å². The molecule has 2 aliphatic carbocycles. The molecule has 0 aromatic heterocycles. The van der Waals surface area contributed by atoms with Gasteiger partial charge in [0.25, 0.3) is 0 Å². The van der Waals surface area contributed by atoms with Crippen molar-refractivity contribution >= 4 is 5.78 Å². The Bertz CT molecular complexity index is 162. The number of hydrogen-bond donors (Lipinski definition) is 0. The van der Waals surface area contributed by atoms with Crippen LogP contribution >= 0.6 is 0 Å². The van der Waals surface area contributed by atoms with Gasteiger partial charge in [-0.25, -0.2) is 4.39 Å². The molecule has 0 aliphatic heterocycles. The molecule has 0 heterocycles. The van der Waals surface area contributed by atoms with E-state index < -0.39 is 6.17 Å². The molecule has 2 aliphatic rings. The average Bonchev–Trinajstić information content (AvgIpc) is 1.92. The zero-order chi connectivity index (χ0) is 7.84. The van der Waals surface area contributed by atoms with Crippen molar-refractivity contribution < 1.29 is 9.18 Å². The zero-order valence-electron chi connectivity index (χ0n) is 6.55. The quantitative estimate of drug-likeness (QED) is 0.525. The van der Waals surface area contributed by atoms with E-state index in [2.05, 4.69) is 0 Å². The number of alkyl halides is 1. The Morgan fingerprint density at radius 3 is 2.27 bits per heavy atom. The van der Waals surface area contributed by atoms with Crippen molar-refractivity contribution in [3.63, 3.8) is 0 Å². The van der Waals surface area contributed by atoms with Gasteiger partial charge in [-0.1, -0.05) is 6.42 Å². The van der Waals surface area contributed by atoms with E-state index in [0.717, 1.165) is 19.3 Å². The van der Waals surface area contributed by atoms with Crippen molar-refractivity contribution in [2.45, 2.75) is 38.3 Å². The molecule has 2 rings (SSSR count). The van der Waals surface area contributed by atoms with Gasteiger partial charge in [0, 0.05) is 12.8 Å². The third-order valence-corrected chi connectivity index (χ3v) is 3.03. The summed E-state index contributed by atoms with van der Waals surface area (Å²) in [7, 11) is 0. The van der Waals surface area contributed by atoms with E-state index in [1.165, 1.54) is 0 Å². The van der Waals surface area contributed by atoms with Crippen molar-refractivity contribution in [3.8, 4) is 0 Å². The van der Waals surface area contributed by atoms with E-state index in [1.54, 1.807) is 0 Å². The number of Topliss-reactive ketones (excluding diaryl/α,β-unsaturated/α-hetero) is 1. The number of halogens is 1. The van der Waals surface area contributed by atoms with E-state index >= 15 is 0 Å². The van der Waals surface area contributed by atoms with Gasteiger partial charge in [0.15, 0.2) is 0 Å². The molecule has 0 radical (unpaired) electrons. The van der Waals surface area contributed by atoms with Crippen LogP contribution in [0.5, 0.6) is 0 Å². The first-order valence-electron chi connectivity index (χ1n) is 4.43. The predicted octanol–water partition coefficient (Wildman–Crippen LogP) is 2.10. The molecule has 0 aromatic carbocycles. The van der Waals surface area contributed by atoms with Gasteiger partial charge in [-0.3, -0.25) is 4.79 Å². The fraction of sp³-hybridized carbons (Fsp3) is 0.889. The Morgan fingerprint density at radius 1 is 1.18 bits per heavy atom. The minimum absolute atomic E-state index is 0.0787. The Kier molecular flexibility index (Phi) is 1.70. The van der Waals surface area contributed by atoms with Crippen molar-refractivity contribution in [1.29, 1.82) is 0 Å². The minimum atomic E-state index is -0.665. The summed E-state index contributed by atoms with van der Waals surface area (Å²) in [6.45, 7) is 0. The van der Waals surface area contributed by atoms with E-state index in [1.807, 2.05) is 0 Å². The van der Waals surface area contributed by atoms with Crippen LogP contribution in [0, 0.1) is 11.8 Å². The first-order valence-corrected chi connectivity index (χ1v) is 4.43. The fourth-order valence-corrected chi connectivity index (χ4v) is 2.44. The molecule has 11 heavy (non-hydrogen) atoms. The normalized spacial score (nSPS) is 44.1. The summed E-state index contributed by atoms with van der Waals surface area (Å²) in [6.07, 6.45) is 3.35. The average molecular weight is 156 g/mol. The lowest BCUT2D eigenvalue weighted by molar-refractivity contribution is -0.127. The van der Waals surface area contributed by atoms with Crippen molar-refractivity contribution in [2.75, 3.05) is 0 Å². The summed E-state index contributed by atoms with van der Waals surface area (Å²) < 4.78 is 13.3. The maximum absolute atomic E-state index is 13.3. The minimum Gasteiger partial charge on any atom is -0.300 e. The molecule has 1 nitrogen and oxygen atoms in total. The Labute approximate surface area is 66.0 Å². The number of carbonyl (C=O) groups is 1. The standard InChI is InChI=1S/C9H13FO/c10-9-6-2-1-3-7(9)5-8(11)4-6/h6-7,9H,1-5H2/t6-,7+,9?. The first kappa shape index (κ1) is 7.26. The summed E-state index contributed by atoms with van der Waals surface area (Å²) in [5, 5.41) is 0. The highest BCUT2D eigenvalue weighted by Gasteiger charge is 2.39. The molecule has 0 spiro atoms. The van der Waals surface area contributed by atoms with Crippen LogP contribution in [0.25, 0.3) is 0 Å². The van der Waals surface area contributed by atoms with Gasteiger partial charge in [-0.2, -0.15) is 0 Å². The number of hydrogen-bond acceptors (Lipinski definition) is 1. The summed E-state index contributed by atoms with van der Waals surface area (Å²) in [5.41, 5.74) is 0. The van der Waals surface area contributed by atoms with E-state index in [9.17, 15) is 9.18 Å². The first-order chi connectivity index (χ1) is 5.27. The number of ketones is 1. The molecule has 0 saturated heterocycles. The van der Waals surface area contributed by atoms with Gasteiger partial charge in [0.05, 0.1) is 0 Å². The Morgan fingerprint density at radius 2 is 1.73 bits per heavy atom. The highest BCUT2D eigenvalue weighted by Crippen LogP contribution is 2.40. The fourth-order valence-electron chi connectivity index (χ4n) is 2.44. The lowest BCUT2D eigenvalue weighted by Crippen LogP contribution is -2.37. The van der Waals surface area contributed by atoms with Crippen LogP contribution in [0.3, 0.4) is 0 Å². The lowest BCUT2D eigenvalue weighted by Gasteiger charge is -2.36. The molecule has 2 bridgehead atoms. The predicted molar refractivity (Wildman–Crippen MR) is 40.0 cm³/mol. The molecule has 3 atom stereocenters. The number of carbonyl (C=O) groups excluding carboxylic acids is 1. The second-order valence-electron chi connectivity index (χ2n) is 3.84. The van der Waals surface area contributed by atoms with Crippen LogP contribution < -0.4 is 0 Å². The third-order valence-electron chi connectivity index (χ3n) is 3.03. The molecular weight excluding hydrogens is 143 g/mol. The number of fused-ring (bicyclic) bond motifs is 2. The summed E-state index contributed by atoms with van der Waals surface area (Å²) in [5.74, 6) is 0.443. The molecule has 1 unspecified atom stereocenters. The maximum Gasteiger partial charge on any atom is 0.133 e. The second-order valence-corrected chi connectivity index (χ2v) is 3.84. The SMILES string of the molecule is O=C1C[C@H]2CCC[C@@H](C1)C2F. The lowest BCUT2D eigenvalue weighted by atomic mass is 9.70. The summed E-state index contributed by atoms with van der Waals surface area (Å²) >= 11 is 0. The second kappa shape index (κ2) is 2.58. The topological polar surface area (TPSA) is 17.1 Å². The Hall–Kier alpha value is -0.400. The van der Waals surface area contributed by atoms with Gasteiger partial charge >= 0.3 is 0 Å². The van der Waals surface area contributed by atoms with E-state index in [4.69, 9.17) is 0 Å². The van der Waals surface area contributed by atoms with Crippen LogP contribution in [0.1, 0.15) is 32.1 Å². The molecule has 0 aromatic rings. The molecule has 2 heteroatoms. The Balaban J connectivity index is 2.12. The van der Waals surface area contributed by atoms with Crippen molar-refractivity contribution in [2.24, 2.45) is 11.8 Å². The molecule has 2 saturated carbocycles. The zero-order valence-corrected chi connectivity index (χ0v) is 6.55. The summed E-state index contributed by atoms with van der Waals surface area (Å²) in [4.78, 5) is 11.1. The van der Waals surface area contributed by atoms with Crippen molar-refractivity contribution in [1.82, 2.24) is 0 Å². The van der Waals surface area contributed by atoms with Crippen LogP contribution in [0.4, 0.5) is 4.39 Å². The van der Waals surface area contributed by atoms with Gasteiger partial charge in [-0.05, 0) is 24.7 Å². The molecule has 0 amide bonds. The largest absolute Gasteiger partial charge is 0.300 e. The van der Waals surface area contributed by atoms with Gasteiger partial charge < -0.3 is 0 Å².